The Morgan fingerprint density at radius 3 is 2.41 bits per heavy atom. The summed E-state index contributed by atoms with van der Waals surface area (Å²) in [6.07, 6.45) is -0.260. The van der Waals surface area contributed by atoms with Crippen LogP contribution in [-0.4, -0.2) is 76.9 Å². The second kappa shape index (κ2) is 8.15. The van der Waals surface area contributed by atoms with Gasteiger partial charge in [-0.05, 0) is 30.7 Å². The second-order valence-corrected chi connectivity index (χ2v) is 6.64. The van der Waals surface area contributed by atoms with Crippen molar-refractivity contribution in [2.45, 2.75) is 25.3 Å². The Hall–Kier alpha value is -2.97. The molecule has 0 radical (unpaired) electrons. The van der Waals surface area contributed by atoms with Gasteiger partial charge in [-0.25, -0.2) is 9.59 Å². The third-order valence-corrected chi connectivity index (χ3v) is 4.94. The standard InChI is InChI=1S/C18H23N3O6/c22-16-2-1-8-20(16)13-3-5-15(6-4-13)27-11-7-14-12-19(17(23)24)9-10-21(14)18(25)26/h3-6,14H,1-2,7-12H2,(H,23,24)(H,25,26)/t14-/m1/s1. The van der Waals surface area contributed by atoms with Gasteiger partial charge < -0.3 is 29.6 Å². The summed E-state index contributed by atoms with van der Waals surface area (Å²) < 4.78 is 5.69. The molecule has 146 valence electrons. The van der Waals surface area contributed by atoms with Crippen molar-refractivity contribution < 1.29 is 29.3 Å². The lowest BCUT2D eigenvalue weighted by atomic mass is 10.1. The van der Waals surface area contributed by atoms with Crippen LogP contribution in [0.3, 0.4) is 0 Å². The second-order valence-electron chi connectivity index (χ2n) is 6.64. The van der Waals surface area contributed by atoms with Crippen LogP contribution in [-0.2, 0) is 4.79 Å². The zero-order chi connectivity index (χ0) is 19.4. The molecule has 0 aromatic heterocycles. The molecule has 0 unspecified atom stereocenters. The van der Waals surface area contributed by atoms with Gasteiger partial charge in [0.2, 0.25) is 5.91 Å². The van der Waals surface area contributed by atoms with Crippen molar-refractivity contribution in [2.75, 3.05) is 37.7 Å². The van der Waals surface area contributed by atoms with Gasteiger partial charge >= 0.3 is 12.2 Å². The molecule has 9 heteroatoms. The zero-order valence-electron chi connectivity index (χ0n) is 14.9. The van der Waals surface area contributed by atoms with Crippen LogP contribution in [0.5, 0.6) is 5.75 Å². The minimum atomic E-state index is -1.05. The first-order valence-electron chi connectivity index (χ1n) is 8.96. The van der Waals surface area contributed by atoms with E-state index < -0.39 is 18.2 Å². The Morgan fingerprint density at radius 1 is 1.07 bits per heavy atom. The molecule has 2 N–H and O–H groups in total. The molecule has 0 spiro atoms. The monoisotopic (exact) mass is 377 g/mol. The fraction of sp³-hybridized carbons (Fsp3) is 0.500. The number of benzene rings is 1. The maximum atomic E-state index is 11.8. The molecule has 1 atom stereocenters. The number of rotatable bonds is 5. The lowest BCUT2D eigenvalue weighted by Crippen LogP contribution is -2.56. The molecule has 2 heterocycles. The minimum absolute atomic E-state index is 0.123. The molecule has 1 aromatic rings. The van der Waals surface area contributed by atoms with Gasteiger partial charge in [-0.2, -0.15) is 0 Å². The highest BCUT2D eigenvalue weighted by Gasteiger charge is 2.32. The van der Waals surface area contributed by atoms with Crippen molar-refractivity contribution in [3.63, 3.8) is 0 Å². The largest absolute Gasteiger partial charge is 0.494 e. The van der Waals surface area contributed by atoms with Crippen LogP contribution in [0.25, 0.3) is 0 Å². The summed E-state index contributed by atoms with van der Waals surface area (Å²) in [5.74, 6) is 0.746. The van der Waals surface area contributed by atoms with Crippen LogP contribution < -0.4 is 9.64 Å². The van der Waals surface area contributed by atoms with E-state index in [9.17, 15) is 19.5 Å². The molecular weight excluding hydrogens is 354 g/mol. The number of piperazine rings is 1. The van der Waals surface area contributed by atoms with Gasteiger partial charge in [0.15, 0.2) is 0 Å². The Kier molecular flexibility index (Phi) is 5.68. The molecule has 1 aromatic carbocycles. The van der Waals surface area contributed by atoms with E-state index in [1.165, 1.54) is 9.80 Å². The quantitative estimate of drug-likeness (QED) is 0.811. The predicted octanol–water partition coefficient (Wildman–Crippen LogP) is 1.92. The summed E-state index contributed by atoms with van der Waals surface area (Å²) in [4.78, 5) is 38.5. The van der Waals surface area contributed by atoms with Gasteiger partial charge in [0.1, 0.15) is 5.75 Å². The number of hydrogen-bond donors (Lipinski definition) is 2. The number of nitrogens with zero attached hydrogens (tertiary/aromatic N) is 3. The van der Waals surface area contributed by atoms with Crippen molar-refractivity contribution in [1.82, 2.24) is 9.80 Å². The molecule has 0 saturated carbocycles. The Labute approximate surface area is 156 Å². The van der Waals surface area contributed by atoms with Crippen LogP contribution in [0.4, 0.5) is 15.3 Å². The first kappa shape index (κ1) is 18.8. The molecule has 2 fully saturated rings. The van der Waals surface area contributed by atoms with E-state index in [-0.39, 0.29) is 32.1 Å². The molecule has 3 amide bonds. The van der Waals surface area contributed by atoms with Crippen LogP contribution in [0.15, 0.2) is 24.3 Å². The zero-order valence-corrected chi connectivity index (χ0v) is 14.9. The molecule has 0 aliphatic carbocycles. The third kappa shape index (κ3) is 4.42. The number of carbonyl (C=O) groups is 3. The van der Waals surface area contributed by atoms with E-state index >= 15 is 0 Å². The highest BCUT2D eigenvalue weighted by atomic mass is 16.5. The average molecular weight is 377 g/mol. The molecule has 27 heavy (non-hydrogen) atoms. The van der Waals surface area contributed by atoms with Crippen molar-refractivity contribution in [2.24, 2.45) is 0 Å². The van der Waals surface area contributed by atoms with Crippen LogP contribution in [0.1, 0.15) is 19.3 Å². The highest BCUT2D eigenvalue weighted by molar-refractivity contribution is 5.95. The summed E-state index contributed by atoms with van der Waals surface area (Å²) in [7, 11) is 0. The molecule has 2 aliphatic rings. The normalized spacial score (nSPS) is 20.1. The van der Waals surface area contributed by atoms with E-state index in [4.69, 9.17) is 9.84 Å². The third-order valence-electron chi connectivity index (χ3n) is 4.94. The fourth-order valence-electron chi connectivity index (χ4n) is 3.48. The molecule has 0 bridgehead atoms. The van der Waals surface area contributed by atoms with Crippen LogP contribution >= 0.6 is 0 Å². The Morgan fingerprint density at radius 2 is 1.81 bits per heavy atom. The molecular formula is C18H23N3O6. The first-order valence-corrected chi connectivity index (χ1v) is 8.96. The van der Waals surface area contributed by atoms with Gasteiger partial charge in [-0.15, -0.1) is 0 Å². The number of hydrogen-bond acceptors (Lipinski definition) is 4. The maximum Gasteiger partial charge on any atom is 0.407 e. The van der Waals surface area contributed by atoms with E-state index in [0.717, 1.165) is 18.7 Å². The summed E-state index contributed by atoms with van der Waals surface area (Å²) >= 11 is 0. The van der Waals surface area contributed by atoms with E-state index in [0.29, 0.717) is 18.6 Å². The predicted molar refractivity (Wildman–Crippen MR) is 96.3 cm³/mol. The van der Waals surface area contributed by atoms with Crippen molar-refractivity contribution in [1.29, 1.82) is 0 Å². The fourth-order valence-corrected chi connectivity index (χ4v) is 3.48. The summed E-state index contributed by atoms with van der Waals surface area (Å²) in [6.45, 7) is 1.47. The summed E-state index contributed by atoms with van der Waals surface area (Å²) in [6, 6.07) is 6.78. The smallest absolute Gasteiger partial charge is 0.407 e. The van der Waals surface area contributed by atoms with Gasteiger partial charge in [0.05, 0.1) is 12.6 Å². The topological polar surface area (TPSA) is 111 Å². The lowest BCUT2D eigenvalue weighted by molar-refractivity contribution is -0.117. The van der Waals surface area contributed by atoms with Gasteiger partial charge in [-0.3, -0.25) is 4.79 Å². The SMILES string of the molecule is O=C(O)N1CCN(C(=O)O)[C@H](CCOc2ccc(N3CCCC3=O)cc2)C1. The molecule has 3 rings (SSSR count). The van der Waals surface area contributed by atoms with Crippen molar-refractivity contribution in [3.8, 4) is 5.75 Å². The summed E-state index contributed by atoms with van der Waals surface area (Å²) in [5, 5.41) is 18.4. The van der Waals surface area contributed by atoms with Crippen LogP contribution in [0, 0.1) is 0 Å². The van der Waals surface area contributed by atoms with Crippen molar-refractivity contribution >= 4 is 23.8 Å². The van der Waals surface area contributed by atoms with Crippen molar-refractivity contribution in [3.05, 3.63) is 24.3 Å². The minimum Gasteiger partial charge on any atom is -0.494 e. The number of amides is 3. The Bertz CT molecular complexity index is 708. The van der Waals surface area contributed by atoms with E-state index in [1.807, 2.05) is 12.1 Å². The van der Waals surface area contributed by atoms with E-state index in [2.05, 4.69) is 0 Å². The molecule has 2 saturated heterocycles. The average Bonchev–Trinajstić information content (AvgIpc) is 3.08. The van der Waals surface area contributed by atoms with E-state index in [1.54, 1.807) is 17.0 Å². The number of carbonyl (C=O) groups excluding carboxylic acids is 1. The highest BCUT2D eigenvalue weighted by Crippen LogP contribution is 2.24. The first-order chi connectivity index (χ1) is 13.0. The van der Waals surface area contributed by atoms with Gasteiger partial charge in [0, 0.05) is 44.7 Å². The lowest BCUT2D eigenvalue weighted by Gasteiger charge is -2.38. The Balaban J connectivity index is 1.53. The summed E-state index contributed by atoms with van der Waals surface area (Å²) in [5.41, 5.74) is 0.839. The maximum absolute atomic E-state index is 11.8. The molecule has 9 nitrogen and oxygen atoms in total. The molecule has 2 aliphatic heterocycles. The van der Waals surface area contributed by atoms with Crippen LogP contribution in [0.2, 0.25) is 0 Å². The van der Waals surface area contributed by atoms with Gasteiger partial charge in [-0.1, -0.05) is 0 Å². The van der Waals surface area contributed by atoms with Gasteiger partial charge in [0.25, 0.3) is 0 Å². The number of anilines is 1. The number of carboxylic acid groups (broad SMARTS) is 2. The number of ether oxygens (including phenoxy) is 1.